The Hall–Kier alpha value is -2.00. The highest BCUT2D eigenvalue weighted by Crippen LogP contribution is 2.19. The van der Waals surface area contributed by atoms with E-state index in [1.54, 1.807) is 16.7 Å². The van der Waals surface area contributed by atoms with Gasteiger partial charge in [0.2, 0.25) is 0 Å². The summed E-state index contributed by atoms with van der Waals surface area (Å²) >= 11 is 5.92. The average molecular weight is 259 g/mol. The van der Waals surface area contributed by atoms with E-state index in [1.807, 2.05) is 37.3 Å². The number of aromatic nitrogens is 2. The summed E-state index contributed by atoms with van der Waals surface area (Å²) in [5.74, 6) is 0. The maximum Gasteiger partial charge on any atom is 0.331 e. The van der Waals surface area contributed by atoms with Crippen LogP contribution in [0.4, 0.5) is 0 Å². The number of rotatable bonds is 1. The molecule has 2 aromatic carbocycles. The summed E-state index contributed by atoms with van der Waals surface area (Å²) in [6, 6.07) is 13.2. The Labute approximate surface area is 109 Å². The Bertz CT molecular complexity index is 786. The molecular formula is C14H11ClN2O. The normalized spacial score (nSPS) is 11.0. The van der Waals surface area contributed by atoms with Crippen LogP contribution in [0.15, 0.2) is 47.3 Å². The van der Waals surface area contributed by atoms with Crippen LogP contribution < -0.4 is 5.69 Å². The van der Waals surface area contributed by atoms with Gasteiger partial charge in [-0.05, 0) is 42.8 Å². The average Bonchev–Trinajstić information content (AvgIpc) is 2.64. The topological polar surface area (TPSA) is 37.8 Å². The second-order valence-electron chi connectivity index (χ2n) is 4.27. The van der Waals surface area contributed by atoms with Crippen LogP contribution in [-0.4, -0.2) is 9.55 Å². The first-order valence-corrected chi connectivity index (χ1v) is 6.00. The van der Waals surface area contributed by atoms with Crippen LogP contribution in [0.25, 0.3) is 16.7 Å². The van der Waals surface area contributed by atoms with Gasteiger partial charge in [0.15, 0.2) is 0 Å². The Kier molecular flexibility index (Phi) is 2.49. The third-order valence-corrected chi connectivity index (χ3v) is 3.14. The zero-order valence-electron chi connectivity index (χ0n) is 9.77. The molecule has 0 unspecified atom stereocenters. The van der Waals surface area contributed by atoms with Crippen LogP contribution in [0.2, 0.25) is 5.02 Å². The van der Waals surface area contributed by atoms with Crippen molar-refractivity contribution in [2.45, 2.75) is 6.92 Å². The molecule has 3 nitrogen and oxygen atoms in total. The fourth-order valence-electron chi connectivity index (χ4n) is 2.11. The molecule has 0 saturated heterocycles. The predicted octanol–water partition coefficient (Wildman–Crippen LogP) is 3.28. The van der Waals surface area contributed by atoms with Gasteiger partial charge >= 0.3 is 5.69 Å². The third kappa shape index (κ3) is 1.73. The minimum absolute atomic E-state index is 0.155. The van der Waals surface area contributed by atoms with Crippen molar-refractivity contribution in [2.75, 3.05) is 0 Å². The molecule has 4 heteroatoms. The number of hydrogen-bond acceptors (Lipinski definition) is 1. The van der Waals surface area contributed by atoms with Gasteiger partial charge in [0, 0.05) is 5.02 Å². The van der Waals surface area contributed by atoms with Gasteiger partial charge < -0.3 is 4.98 Å². The number of halogens is 1. The molecule has 0 aliphatic heterocycles. The van der Waals surface area contributed by atoms with Crippen LogP contribution in [0.5, 0.6) is 0 Å². The molecule has 1 aromatic heterocycles. The second-order valence-corrected chi connectivity index (χ2v) is 4.70. The molecule has 1 heterocycles. The van der Waals surface area contributed by atoms with E-state index in [0.717, 1.165) is 22.3 Å². The van der Waals surface area contributed by atoms with Crippen molar-refractivity contribution in [3.63, 3.8) is 0 Å². The molecule has 3 rings (SSSR count). The van der Waals surface area contributed by atoms with Crippen LogP contribution in [-0.2, 0) is 0 Å². The van der Waals surface area contributed by atoms with Crippen molar-refractivity contribution >= 4 is 22.6 Å². The molecular weight excluding hydrogens is 248 g/mol. The third-order valence-electron chi connectivity index (χ3n) is 2.90. The van der Waals surface area contributed by atoms with E-state index in [0.29, 0.717) is 5.02 Å². The second kappa shape index (κ2) is 4.03. The van der Waals surface area contributed by atoms with Gasteiger partial charge in [-0.3, -0.25) is 4.57 Å². The van der Waals surface area contributed by atoms with Gasteiger partial charge in [-0.15, -0.1) is 0 Å². The van der Waals surface area contributed by atoms with Gasteiger partial charge in [-0.25, -0.2) is 4.79 Å². The number of fused-ring (bicyclic) bond motifs is 1. The first kappa shape index (κ1) is 11.1. The number of imidazole rings is 1. The molecule has 0 amide bonds. The first-order valence-electron chi connectivity index (χ1n) is 5.62. The highest BCUT2D eigenvalue weighted by Gasteiger charge is 2.08. The van der Waals surface area contributed by atoms with Crippen molar-refractivity contribution in [2.24, 2.45) is 0 Å². The summed E-state index contributed by atoms with van der Waals surface area (Å²) < 4.78 is 1.65. The minimum Gasteiger partial charge on any atom is -0.305 e. The van der Waals surface area contributed by atoms with Crippen molar-refractivity contribution < 1.29 is 0 Å². The molecule has 0 fully saturated rings. The van der Waals surface area contributed by atoms with Crippen molar-refractivity contribution in [3.05, 3.63) is 63.5 Å². The Balaban J connectivity index is 2.35. The number of benzene rings is 2. The molecule has 0 aliphatic rings. The first-order chi connectivity index (χ1) is 8.65. The lowest BCUT2D eigenvalue weighted by molar-refractivity contribution is 1.01. The number of H-pyrrole nitrogens is 1. The van der Waals surface area contributed by atoms with Crippen molar-refractivity contribution in [1.82, 2.24) is 9.55 Å². The van der Waals surface area contributed by atoms with Crippen LogP contribution in [0.1, 0.15) is 5.56 Å². The Morgan fingerprint density at radius 2 is 2.00 bits per heavy atom. The van der Waals surface area contributed by atoms with Crippen LogP contribution in [0, 0.1) is 6.92 Å². The highest BCUT2D eigenvalue weighted by atomic mass is 35.5. The minimum atomic E-state index is -0.155. The maximum atomic E-state index is 12.0. The van der Waals surface area contributed by atoms with E-state index in [-0.39, 0.29) is 5.69 Å². The maximum absolute atomic E-state index is 12.0. The number of aryl methyl sites for hydroxylation is 1. The molecule has 1 N–H and O–H groups in total. The zero-order chi connectivity index (χ0) is 12.7. The van der Waals surface area contributed by atoms with Crippen molar-refractivity contribution in [1.29, 1.82) is 0 Å². The fraction of sp³-hybridized carbons (Fsp3) is 0.0714. The molecule has 0 bridgehead atoms. The van der Waals surface area contributed by atoms with Gasteiger partial charge in [0.25, 0.3) is 0 Å². The Morgan fingerprint density at radius 3 is 2.78 bits per heavy atom. The molecule has 0 aliphatic carbocycles. The molecule has 90 valence electrons. The molecule has 0 spiro atoms. The Morgan fingerprint density at radius 1 is 1.17 bits per heavy atom. The van der Waals surface area contributed by atoms with Gasteiger partial charge in [-0.2, -0.15) is 0 Å². The quantitative estimate of drug-likeness (QED) is 0.715. The highest BCUT2D eigenvalue weighted by molar-refractivity contribution is 6.31. The fourth-order valence-corrected chi connectivity index (χ4v) is 2.28. The van der Waals surface area contributed by atoms with Crippen LogP contribution in [0.3, 0.4) is 0 Å². The van der Waals surface area contributed by atoms with E-state index >= 15 is 0 Å². The summed E-state index contributed by atoms with van der Waals surface area (Å²) in [4.78, 5) is 14.8. The van der Waals surface area contributed by atoms with E-state index in [1.165, 1.54) is 0 Å². The lowest BCUT2D eigenvalue weighted by Gasteiger charge is -2.04. The van der Waals surface area contributed by atoms with Gasteiger partial charge in [0.05, 0.1) is 16.7 Å². The smallest absolute Gasteiger partial charge is 0.305 e. The summed E-state index contributed by atoms with van der Waals surface area (Å²) in [5, 5.41) is 0.611. The van der Waals surface area contributed by atoms with Crippen molar-refractivity contribution in [3.8, 4) is 5.69 Å². The van der Waals surface area contributed by atoms with E-state index in [9.17, 15) is 4.79 Å². The number of nitrogens with one attached hydrogen (secondary N) is 1. The molecule has 18 heavy (non-hydrogen) atoms. The van der Waals surface area contributed by atoms with E-state index < -0.39 is 0 Å². The summed E-state index contributed by atoms with van der Waals surface area (Å²) in [6.45, 7) is 2.00. The lowest BCUT2D eigenvalue weighted by atomic mass is 10.2. The largest absolute Gasteiger partial charge is 0.331 e. The summed E-state index contributed by atoms with van der Waals surface area (Å²) in [5.41, 5.74) is 3.39. The number of hydrogen-bond donors (Lipinski definition) is 1. The lowest BCUT2D eigenvalue weighted by Crippen LogP contribution is -2.14. The van der Waals surface area contributed by atoms with Crippen LogP contribution >= 0.6 is 11.6 Å². The standard InChI is InChI=1S/C14H11ClN2O/c1-9-3-2-4-11(7-9)17-13-6-5-10(15)8-12(13)16-14(17)18/h2-8H,1H3,(H,16,18). The van der Waals surface area contributed by atoms with E-state index in [4.69, 9.17) is 11.6 Å². The molecule has 0 radical (unpaired) electrons. The van der Waals surface area contributed by atoms with Gasteiger partial charge in [-0.1, -0.05) is 23.7 Å². The number of aromatic amines is 1. The zero-order valence-corrected chi connectivity index (χ0v) is 10.5. The predicted molar refractivity (Wildman–Crippen MR) is 73.6 cm³/mol. The van der Waals surface area contributed by atoms with E-state index in [2.05, 4.69) is 4.98 Å². The summed E-state index contributed by atoms with van der Waals surface area (Å²) in [7, 11) is 0. The monoisotopic (exact) mass is 258 g/mol. The van der Waals surface area contributed by atoms with Gasteiger partial charge in [0.1, 0.15) is 0 Å². The molecule has 3 aromatic rings. The SMILES string of the molecule is Cc1cccc(-n2c(=O)[nH]c3cc(Cl)ccc32)c1. The molecule has 0 saturated carbocycles. The summed E-state index contributed by atoms with van der Waals surface area (Å²) in [6.07, 6.45) is 0. The molecule has 0 atom stereocenters. The number of nitrogens with zero attached hydrogens (tertiary/aromatic N) is 1.